The largest absolute Gasteiger partial charge is 0.480 e. The van der Waals surface area contributed by atoms with Gasteiger partial charge in [-0.25, -0.2) is 4.79 Å². The van der Waals surface area contributed by atoms with Crippen LogP contribution in [-0.4, -0.2) is 57.8 Å². The zero-order valence-corrected chi connectivity index (χ0v) is 10.6. The molecule has 2 aliphatic rings. The Labute approximate surface area is 106 Å². The van der Waals surface area contributed by atoms with Gasteiger partial charge in [-0.3, -0.25) is 4.79 Å². The minimum atomic E-state index is -1.04. The summed E-state index contributed by atoms with van der Waals surface area (Å²) < 4.78 is 0. The van der Waals surface area contributed by atoms with E-state index >= 15 is 0 Å². The van der Waals surface area contributed by atoms with Gasteiger partial charge in [-0.15, -0.1) is 0 Å². The van der Waals surface area contributed by atoms with Gasteiger partial charge in [0, 0.05) is 13.0 Å². The maximum atomic E-state index is 12.5. The van der Waals surface area contributed by atoms with Gasteiger partial charge in [0.05, 0.1) is 11.6 Å². The van der Waals surface area contributed by atoms with Crippen LogP contribution in [0.2, 0.25) is 0 Å². The molecule has 102 valence electrons. The molecule has 6 heteroatoms. The highest BCUT2D eigenvalue weighted by molar-refractivity contribution is 5.90. The molecule has 3 atom stereocenters. The fourth-order valence-electron chi connectivity index (χ4n) is 2.83. The van der Waals surface area contributed by atoms with E-state index in [1.54, 1.807) is 0 Å². The first-order chi connectivity index (χ1) is 8.44. The van der Waals surface area contributed by atoms with E-state index in [1.807, 2.05) is 6.92 Å². The Morgan fingerprint density at radius 1 is 1.39 bits per heavy atom. The second kappa shape index (κ2) is 4.85. The van der Waals surface area contributed by atoms with Crippen LogP contribution in [0.1, 0.15) is 32.6 Å². The molecular weight excluding hydrogens is 236 g/mol. The first kappa shape index (κ1) is 13.3. The highest BCUT2D eigenvalue weighted by atomic mass is 16.4. The van der Waals surface area contributed by atoms with Crippen molar-refractivity contribution < 1.29 is 19.8 Å². The zero-order valence-electron chi connectivity index (χ0n) is 10.6. The quantitative estimate of drug-likeness (QED) is 0.623. The average Bonchev–Trinajstić information content (AvgIpc) is 2.71. The molecule has 0 aromatic carbocycles. The predicted molar refractivity (Wildman–Crippen MR) is 64.0 cm³/mol. The molecule has 2 fully saturated rings. The van der Waals surface area contributed by atoms with Gasteiger partial charge in [-0.2, -0.15) is 0 Å². The number of carboxylic acids is 1. The minimum absolute atomic E-state index is 0.118. The van der Waals surface area contributed by atoms with E-state index in [1.165, 1.54) is 4.90 Å². The number of β-amino-alcohol motifs (C(OH)–C–C–N with tert-alkyl or cyclic N) is 1. The van der Waals surface area contributed by atoms with E-state index in [9.17, 15) is 14.7 Å². The molecule has 0 aliphatic carbocycles. The Balaban J connectivity index is 2.14. The first-order valence-electron chi connectivity index (χ1n) is 6.41. The van der Waals surface area contributed by atoms with E-state index in [4.69, 9.17) is 5.11 Å². The van der Waals surface area contributed by atoms with Crippen LogP contribution in [0, 0.1) is 0 Å². The molecule has 0 aromatic rings. The van der Waals surface area contributed by atoms with Crippen molar-refractivity contribution in [3.63, 3.8) is 0 Å². The highest BCUT2D eigenvalue weighted by Gasteiger charge is 2.45. The lowest BCUT2D eigenvalue weighted by Gasteiger charge is -2.37. The van der Waals surface area contributed by atoms with Gasteiger partial charge < -0.3 is 20.4 Å². The summed E-state index contributed by atoms with van der Waals surface area (Å²) in [6.07, 6.45) is 2.10. The molecule has 0 saturated carbocycles. The van der Waals surface area contributed by atoms with Crippen molar-refractivity contribution >= 4 is 11.9 Å². The number of nitrogens with one attached hydrogen (secondary N) is 1. The van der Waals surface area contributed by atoms with Crippen LogP contribution in [0.25, 0.3) is 0 Å². The van der Waals surface area contributed by atoms with Crippen LogP contribution in [0.4, 0.5) is 0 Å². The summed E-state index contributed by atoms with van der Waals surface area (Å²) in [5.41, 5.74) is -0.685. The summed E-state index contributed by atoms with van der Waals surface area (Å²) in [7, 11) is 0. The number of carbonyl (C=O) groups is 2. The minimum Gasteiger partial charge on any atom is -0.480 e. The number of carbonyl (C=O) groups excluding carboxylic acids is 1. The molecule has 2 saturated heterocycles. The molecule has 0 radical (unpaired) electrons. The number of likely N-dealkylation sites (tertiary alicyclic amines) is 1. The van der Waals surface area contributed by atoms with Gasteiger partial charge in [0.15, 0.2) is 0 Å². The first-order valence-corrected chi connectivity index (χ1v) is 6.41. The molecule has 3 N–H and O–H groups in total. The number of rotatable bonds is 2. The van der Waals surface area contributed by atoms with E-state index in [0.29, 0.717) is 6.42 Å². The topological polar surface area (TPSA) is 89.9 Å². The third-order valence-corrected chi connectivity index (χ3v) is 3.92. The van der Waals surface area contributed by atoms with Gasteiger partial charge in [0.2, 0.25) is 5.91 Å². The maximum Gasteiger partial charge on any atom is 0.326 e. The Bertz CT molecular complexity index is 352. The van der Waals surface area contributed by atoms with Crippen LogP contribution >= 0.6 is 0 Å². The molecule has 2 heterocycles. The van der Waals surface area contributed by atoms with Gasteiger partial charge in [-0.05, 0) is 32.7 Å². The zero-order chi connectivity index (χ0) is 13.3. The normalized spacial score (nSPS) is 36.7. The van der Waals surface area contributed by atoms with Gasteiger partial charge >= 0.3 is 5.97 Å². The van der Waals surface area contributed by atoms with Crippen LogP contribution < -0.4 is 5.32 Å². The standard InChI is InChI=1S/C12H20N2O4/c1-12(4-2-3-5-13-12)11(18)14-7-8(15)6-9(14)10(16)17/h8-9,13,15H,2-7H2,1H3,(H,16,17)/t8-,9+,12?/m1/s1. The molecule has 0 spiro atoms. The maximum absolute atomic E-state index is 12.5. The Hall–Kier alpha value is -1.14. The third kappa shape index (κ3) is 2.35. The van der Waals surface area contributed by atoms with E-state index < -0.39 is 23.7 Å². The van der Waals surface area contributed by atoms with Crippen molar-refractivity contribution in [2.24, 2.45) is 0 Å². The fraction of sp³-hybridized carbons (Fsp3) is 0.833. The predicted octanol–water partition coefficient (Wildman–Crippen LogP) is -0.435. The number of aliphatic carboxylic acids is 1. The fourth-order valence-corrected chi connectivity index (χ4v) is 2.83. The summed E-state index contributed by atoms with van der Waals surface area (Å²) in [6, 6.07) is -0.895. The lowest BCUT2D eigenvalue weighted by atomic mass is 9.89. The van der Waals surface area contributed by atoms with Gasteiger partial charge in [0.1, 0.15) is 6.04 Å². The van der Waals surface area contributed by atoms with Crippen molar-refractivity contribution in [2.45, 2.75) is 50.3 Å². The third-order valence-electron chi connectivity index (χ3n) is 3.92. The molecule has 6 nitrogen and oxygen atoms in total. The molecule has 0 bridgehead atoms. The average molecular weight is 256 g/mol. The lowest BCUT2D eigenvalue weighted by Crippen LogP contribution is -2.59. The van der Waals surface area contributed by atoms with Crippen molar-refractivity contribution in [3.8, 4) is 0 Å². The molecule has 18 heavy (non-hydrogen) atoms. The van der Waals surface area contributed by atoms with Gasteiger partial charge in [0.25, 0.3) is 0 Å². The lowest BCUT2D eigenvalue weighted by molar-refractivity contribution is -0.151. The van der Waals surface area contributed by atoms with E-state index in [2.05, 4.69) is 5.32 Å². The molecule has 1 amide bonds. The summed E-state index contributed by atoms with van der Waals surface area (Å²) >= 11 is 0. The number of aliphatic hydroxyl groups excluding tert-OH is 1. The molecular formula is C12H20N2O4. The summed E-state index contributed by atoms with van der Waals surface area (Å²) in [4.78, 5) is 24.9. The van der Waals surface area contributed by atoms with Crippen LogP contribution in [0.3, 0.4) is 0 Å². The van der Waals surface area contributed by atoms with Crippen LogP contribution in [0.5, 0.6) is 0 Å². The second-order valence-electron chi connectivity index (χ2n) is 5.42. The number of hydrogen-bond acceptors (Lipinski definition) is 4. The number of hydrogen-bond donors (Lipinski definition) is 3. The molecule has 2 rings (SSSR count). The number of amides is 1. The summed E-state index contributed by atoms with van der Waals surface area (Å²) in [5, 5.41) is 21.9. The Kier molecular flexibility index (Phi) is 3.59. The number of nitrogens with zero attached hydrogens (tertiary/aromatic N) is 1. The van der Waals surface area contributed by atoms with Crippen molar-refractivity contribution in [2.75, 3.05) is 13.1 Å². The van der Waals surface area contributed by atoms with E-state index in [-0.39, 0.29) is 18.9 Å². The number of carboxylic acid groups (broad SMARTS) is 1. The number of aliphatic hydroxyl groups is 1. The molecule has 2 aliphatic heterocycles. The number of piperidine rings is 1. The SMILES string of the molecule is CC1(C(=O)N2C[C@H](O)C[C@H]2C(=O)O)CCCCN1. The smallest absolute Gasteiger partial charge is 0.326 e. The van der Waals surface area contributed by atoms with Crippen LogP contribution in [-0.2, 0) is 9.59 Å². The Morgan fingerprint density at radius 3 is 2.67 bits per heavy atom. The highest BCUT2D eigenvalue weighted by Crippen LogP contribution is 2.26. The second-order valence-corrected chi connectivity index (χ2v) is 5.42. The van der Waals surface area contributed by atoms with E-state index in [0.717, 1.165) is 19.4 Å². The summed E-state index contributed by atoms with van der Waals surface area (Å²) in [5.74, 6) is -1.24. The molecule has 0 aromatic heterocycles. The van der Waals surface area contributed by atoms with Crippen molar-refractivity contribution in [1.82, 2.24) is 10.2 Å². The van der Waals surface area contributed by atoms with Gasteiger partial charge in [-0.1, -0.05) is 0 Å². The Morgan fingerprint density at radius 2 is 2.11 bits per heavy atom. The monoisotopic (exact) mass is 256 g/mol. The van der Waals surface area contributed by atoms with Crippen molar-refractivity contribution in [3.05, 3.63) is 0 Å². The summed E-state index contributed by atoms with van der Waals surface area (Å²) in [6.45, 7) is 2.71. The van der Waals surface area contributed by atoms with Crippen LogP contribution in [0.15, 0.2) is 0 Å². The molecule has 1 unspecified atom stereocenters. The van der Waals surface area contributed by atoms with Crippen molar-refractivity contribution in [1.29, 1.82) is 0 Å².